The first-order chi connectivity index (χ1) is 17.0. The Morgan fingerprint density at radius 3 is 2.57 bits per heavy atom. The van der Waals surface area contributed by atoms with Crippen molar-refractivity contribution in [2.75, 3.05) is 42.5 Å². The van der Waals surface area contributed by atoms with Gasteiger partial charge in [-0.15, -0.1) is 5.10 Å². The zero-order chi connectivity index (χ0) is 24.4. The predicted octanol–water partition coefficient (Wildman–Crippen LogP) is 2.64. The Morgan fingerprint density at radius 2 is 1.89 bits per heavy atom. The predicted molar refractivity (Wildman–Crippen MR) is 128 cm³/mol. The first-order valence-corrected chi connectivity index (χ1v) is 11.7. The molecule has 3 heterocycles. The fraction of sp³-hybridized carbons (Fsp3) is 0.360. The van der Waals surface area contributed by atoms with Crippen LogP contribution in [-0.2, 0) is 22.5 Å². The Bertz CT molecular complexity index is 1210. The van der Waals surface area contributed by atoms with E-state index >= 15 is 4.39 Å². The van der Waals surface area contributed by atoms with Gasteiger partial charge in [0, 0.05) is 32.4 Å². The lowest BCUT2D eigenvalue weighted by Gasteiger charge is -2.36. The molecule has 0 saturated carbocycles. The summed E-state index contributed by atoms with van der Waals surface area (Å²) in [5.74, 6) is -0.329. The molecule has 3 aromatic rings. The van der Waals surface area contributed by atoms with Crippen molar-refractivity contribution in [3.05, 3.63) is 71.8 Å². The number of carbonyl (C=O) groups is 2. The average Bonchev–Trinajstić information content (AvgIpc) is 3.44. The summed E-state index contributed by atoms with van der Waals surface area (Å²) in [6.07, 6.45) is 1.24. The molecule has 1 aromatic heterocycles. The van der Waals surface area contributed by atoms with Crippen LogP contribution in [0.1, 0.15) is 11.3 Å². The van der Waals surface area contributed by atoms with Crippen molar-refractivity contribution >= 4 is 23.4 Å². The van der Waals surface area contributed by atoms with Crippen LogP contribution in [0.15, 0.2) is 54.7 Å². The van der Waals surface area contributed by atoms with Gasteiger partial charge < -0.3 is 14.5 Å². The third kappa shape index (κ3) is 5.11. The van der Waals surface area contributed by atoms with E-state index in [1.165, 1.54) is 11.0 Å². The molecule has 182 valence electrons. The zero-order valence-corrected chi connectivity index (χ0v) is 19.5. The smallest absolute Gasteiger partial charge is 0.414 e. The molecular formula is C25H27FN6O3. The molecule has 0 unspecified atom stereocenters. The number of hydrogen-bond donors (Lipinski definition) is 0. The molecule has 0 aliphatic carbocycles. The van der Waals surface area contributed by atoms with Gasteiger partial charge in [-0.25, -0.2) is 13.9 Å². The van der Waals surface area contributed by atoms with Crippen molar-refractivity contribution in [1.29, 1.82) is 0 Å². The Balaban J connectivity index is 1.18. The van der Waals surface area contributed by atoms with Crippen LogP contribution in [0.3, 0.4) is 0 Å². The van der Waals surface area contributed by atoms with E-state index in [4.69, 9.17) is 4.74 Å². The highest BCUT2D eigenvalue weighted by molar-refractivity contribution is 5.90. The summed E-state index contributed by atoms with van der Waals surface area (Å²) in [6, 6.07) is 14.4. The molecule has 9 nitrogen and oxygen atoms in total. The van der Waals surface area contributed by atoms with Gasteiger partial charge in [0.1, 0.15) is 11.9 Å². The maximum absolute atomic E-state index is 15.1. The number of aryl methyl sites for hydroxylation is 1. The second-order valence-electron chi connectivity index (χ2n) is 8.86. The van der Waals surface area contributed by atoms with E-state index in [-0.39, 0.29) is 5.91 Å². The molecule has 1 atom stereocenters. The second-order valence-corrected chi connectivity index (χ2v) is 8.86. The third-order valence-corrected chi connectivity index (χ3v) is 6.33. The maximum atomic E-state index is 15.1. The Hall–Kier alpha value is -3.95. The SMILES string of the molecule is Cc1cn(C[C@H]2CN(c3ccc(N4CCN(C(=O)Cc5ccccc5)CC4)c(F)c3)C(=O)O2)nn1. The summed E-state index contributed by atoms with van der Waals surface area (Å²) >= 11 is 0. The minimum Gasteiger partial charge on any atom is -0.442 e. The lowest BCUT2D eigenvalue weighted by molar-refractivity contribution is -0.130. The van der Waals surface area contributed by atoms with Gasteiger partial charge in [-0.05, 0) is 30.7 Å². The number of halogens is 1. The quantitative estimate of drug-likeness (QED) is 0.542. The Morgan fingerprint density at radius 1 is 1.11 bits per heavy atom. The molecule has 5 rings (SSSR count). The number of ether oxygens (including phenoxy) is 1. The summed E-state index contributed by atoms with van der Waals surface area (Å²) in [7, 11) is 0. The van der Waals surface area contributed by atoms with Crippen LogP contribution in [-0.4, -0.2) is 70.7 Å². The molecule has 0 bridgehead atoms. The van der Waals surface area contributed by atoms with Crippen molar-refractivity contribution < 1.29 is 18.7 Å². The van der Waals surface area contributed by atoms with E-state index < -0.39 is 18.0 Å². The van der Waals surface area contributed by atoms with Gasteiger partial charge in [-0.3, -0.25) is 9.69 Å². The molecule has 2 fully saturated rings. The summed E-state index contributed by atoms with van der Waals surface area (Å²) in [4.78, 5) is 30.2. The number of nitrogens with zero attached hydrogens (tertiary/aromatic N) is 6. The molecule has 2 saturated heterocycles. The summed E-state index contributed by atoms with van der Waals surface area (Å²) in [5.41, 5.74) is 2.68. The van der Waals surface area contributed by atoms with E-state index in [0.29, 0.717) is 57.1 Å². The van der Waals surface area contributed by atoms with Gasteiger partial charge in [-0.1, -0.05) is 35.5 Å². The number of cyclic esters (lactones) is 1. The van der Waals surface area contributed by atoms with Gasteiger partial charge >= 0.3 is 6.09 Å². The molecule has 2 aliphatic heterocycles. The minimum atomic E-state index is -0.510. The van der Waals surface area contributed by atoms with Crippen LogP contribution in [0.4, 0.5) is 20.6 Å². The van der Waals surface area contributed by atoms with E-state index in [1.807, 2.05) is 47.1 Å². The van der Waals surface area contributed by atoms with Crippen molar-refractivity contribution in [2.24, 2.45) is 0 Å². The van der Waals surface area contributed by atoms with Crippen LogP contribution in [0.2, 0.25) is 0 Å². The molecule has 10 heteroatoms. The number of amides is 2. The highest BCUT2D eigenvalue weighted by atomic mass is 19.1. The van der Waals surface area contributed by atoms with Crippen LogP contribution < -0.4 is 9.80 Å². The van der Waals surface area contributed by atoms with Crippen LogP contribution in [0.5, 0.6) is 0 Å². The number of aromatic nitrogens is 3. The number of piperazine rings is 1. The van der Waals surface area contributed by atoms with Gasteiger partial charge in [0.05, 0.1) is 36.6 Å². The summed E-state index contributed by atoms with van der Waals surface area (Å²) in [6.45, 7) is 4.69. The van der Waals surface area contributed by atoms with Gasteiger partial charge in [-0.2, -0.15) is 0 Å². The van der Waals surface area contributed by atoms with Gasteiger partial charge in [0.15, 0.2) is 0 Å². The summed E-state index contributed by atoms with van der Waals surface area (Å²) < 4.78 is 22.1. The molecular weight excluding hydrogens is 451 g/mol. The lowest BCUT2D eigenvalue weighted by atomic mass is 10.1. The van der Waals surface area contributed by atoms with Gasteiger partial charge in [0.25, 0.3) is 0 Å². The number of anilines is 2. The van der Waals surface area contributed by atoms with Crippen LogP contribution in [0, 0.1) is 12.7 Å². The molecule has 2 aliphatic rings. The Kier molecular flexibility index (Phi) is 6.35. The number of rotatable bonds is 6. The highest BCUT2D eigenvalue weighted by Gasteiger charge is 2.33. The Labute approximate surface area is 202 Å². The minimum absolute atomic E-state index is 0.0785. The third-order valence-electron chi connectivity index (χ3n) is 6.33. The van der Waals surface area contributed by atoms with E-state index in [0.717, 1.165) is 11.3 Å². The second kappa shape index (κ2) is 9.73. The zero-order valence-electron chi connectivity index (χ0n) is 19.5. The first-order valence-electron chi connectivity index (χ1n) is 11.7. The topological polar surface area (TPSA) is 83.8 Å². The maximum Gasteiger partial charge on any atom is 0.414 e. The van der Waals surface area contributed by atoms with E-state index in [9.17, 15) is 9.59 Å². The molecule has 35 heavy (non-hydrogen) atoms. The fourth-order valence-electron chi connectivity index (χ4n) is 4.52. The average molecular weight is 479 g/mol. The van der Waals surface area contributed by atoms with Crippen LogP contribution >= 0.6 is 0 Å². The van der Waals surface area contributed by atoms with E-state index in [2.05, 4.69) is 10.3 Å². The largest absolute Gasteiger partial charge is 0.442 e. The number of hydrogen-bond acceptors (Lipinski definition) is 6. The molecule has 0 N–H and O–H groups in total. The van der Waals surface area contributed by atoms with Crippen LogP contribution in [0.25, 0.3) is 0 Å². The molecule has 2 amide bonds. The number of benzene rings is 2. The normalized spacial score (nSPS) is 18.2. The van der Waals surface area contributed by atoms with Gasteiger partial charge in [0.2, 0.25) is 5.91 Å². The van der Waals surface area contributed by atoms with Crippen molar-refractivity contribution in [3.63, 3.8) is 0 Å². The standard InChI is InChI=1S/C25H27FN6O3/c1-18-15-31(28-27-18)16-21-17-32(25(34)35-21)20-7-8-23(22(26)14-20)29-9-11-30(12-10-29)24(33)13-19-5-3-2-4-6-19/h2-8,14-15,21H,9-13,16-17H2,1H3/t21-/m0/s1. The van der Waals surface area contributed by atoms with E-state index in [1.54, 1.807) is 23.0 Å². The molecule has 0 radical (unpaired) electrons. The fourth-order valence-corrected chi connectivity index (χ4v) is 4.52. The highest BCUT2D eigenvalue weighted by Crippen LogP contribution is 2.29. The monoisotopic (exact) mass is 478 g/mol. The summed E-state index contributed by atoms with van der Waals surface area (Å²) in [5, 5.41) is 7.92. The molecule has 2 aromatic carbocycles. The number of carbonyl (C=O) groups excluding carboxylic acids is 2. The van der Waals surface area contributed by atoms with Crippen molar-refractivity contribution in [3.8, 4) is 0 Å². The molecule has 0 spiro atoms. The van der Waals surface area contributed by atoms with Crippen molar-refractivity contribution in [1.82, 2.24) is 19.9 Å². The van der Waals surface area contributed by atoms with Crippen molar-refractivity contribution in [2.45, 2.75) is 26.0 Å². The lowest BCUT2D eigenvalue weighted by Crippen LogP contribution is -2.49. The first kappa shape index (κ1) is 22.8.